The number of hydrogen-bond acceptors (Lipinski definition) is 5. The van der Waals surface area contributed by atoms with Gasteiger partial charge in [-0.05, 0) is 47.3 Å². The molecule has 1 N–H and O–H groups in total. The van der Waals surface area contributed by atoms with Crippen LogP contribution >= 0.6 is 11.8 Å². The molecule has 0 radical (unpaired) electrons. The first-order valence-electron chi connectivity index (χ1n) is 9.30. The first-order valence-corrected chi connectivity index (χ1v) is 10.5. The Labute approximate surface area is 176 Å². The lowest BCUT2D eigenvalue weighted by atomic mass is 10.0. The highest BCUT2D eigenvalue weighted by molar-refractivity contribution is 7.98. The van der Waals surface area contributed by atoms with Crippen LogP contribution in [0.25, 0.3) is 11.3 Å². The van der Waals surface area contributed by atoms with E-state index in [0.717, 1.165) is 0 Å². The molecule has 1 aliphatic heterocycles. The van der Waals surface area contributed by atoms with E-state index in [2.05, 4.69) is 10.1 Å². The van der Waals surface area contributed by atoms with Gasteiger partial charge in [-0.2, -0.15) is 0 Å². The van der Waals surface area contributed by atoms with Crippen LogP contribution in [-0.4, -0.2) is 22.2 Å². The van der Waals surface area contributed by atoms with E-state index in [9.17, 15) is 9.59 Å². The van der Waals surface area contributed by atoms with Crippen molar-refractivity contribution in [1.29, 1.82) is 0 Å². The van der Waals surface area contributed by atoms with E-state index in [1.54, 1.807) is 40.1 Å². The fourth-order valence-electron chi connectivity index (χ4n) is 3.70. The van der Waals surface area contributed by atoms with E-state index in [1.165, 1.54) is 11.8 Å². The molecule has 3 heterocycles. The van der Waals surface area contributed by atoms with Gasteiger partial charge in [0.25, 0.3) is 5.91 Å². The standard InChI is InChI=1S/C22H16N4O3S/c1-30-22-23-19(27)18-15-10-5-6-11-16(15)25(21(28)14-8-3-2-4-9-14)20(26(18)24-22)17-12-7-13-29-17/h2-13,20H,1H3/p+1/t20-/m1/s1. The third-order valence-electron chi connectivity index (χ3n) is 4.99. The molecule has 7 nitrogen and oxygen atoms in total. The molecule has 2 aromatic heterocycles. The minimum atomic E-state index is -0.745. The van der Waals surface area contributed by atoms with Crippen LogP contribution in [-0.2, 0) is 0 Å². The van der Waals surface area contributed by atoms with E-state index in [4.69, 9.17) is 4.42 Å². The lowest BCUT2D eigenvalue weighted by Crippen LogP contribution is -2.60. The first-order chi connectivity index (χ1) is 14.7. The number of fused-ring (bicyclic) bond motifs is 3. The van der Waals surface area contributed by atoms with E-state index < -0.39 is 6.17 Å². The first kappa shape index (κ1) is 18.4. The molecule has 0 unspecified atom stereocenters. The zero-order valence-electron chi connectivity index (χ0n) is 16.0. The van der Waals surface area contributed by atoms with Gasteiger partial charge in [-0.15, -0.1) is 0 Å². The second-order valence-electron chi connectivity index (χ2n) is 6.70. The molecule has 1 aliphatic rings. The molecule has 5 rings (SSSR count). The lowest BCUT2D eigenvalue weighted by Gasteiger charge is -2.30. The van der Waals surface area contributed by atoms with Gasteiger partial charge in [-0.3, -0.25) is 14.6 Å². The number of amides is 1. The van der Waals surface area contributed by atoms with E-state index >= 15 is 0 Å². The molecule has 1 amide bonds. The Bertz CT molecular complexity index is 1290. The highest BCUT2D eigenvalue weighted by Gasteiger charge is 2.47. The summed E-state index contributed by atoms with van der Waals surface area (Å²) in [5, 5.41) is 5.08. The van der Waals surface area contributed by atoms with Gasteiger partial charge in [-0.1, -0.05) is 42.1 Å². The number of benzene rings is 2. The quantitative estimate of drug-likeness (QED) is 0.409. The minimum Gasteiger partial charge on any atom is -0.460 e. The number of thioether (sulfide) groups is 1. The molecule has 0 aliphatic carbocycles. The predicted octanol–water partition coefficient (Wildman–Crippen LogP) is 3.25. The second-order valence-corrected chi connectivity index (χ2v) is 7.50. The third-order valence-corrected chi connectivity index (χ3v) is 5.56. The largest absolute Gasteiger partial charge is 0.460 e. The van der Waals surface area contributed by atoms with Gasteiger partial charge in [0.1, 0.15) is 0 Å². The number of carbonyl (C=O) groups is 1. The van der Waals surface area contributed by atoms with E-state index in [0.29, 0.717) is 33.4 Å². The van der Waals surface area contributed by atoms with Crippen LogP contribution in [0, 0.1) is 0 Å². The molecule has 8 heteroatoms. The molecular weight excluding hydrogens is 400 g/mol. The van der Waals surface area contributed by atoms with Crippen LogP contribution in [0.3, 0.4) is 0 Å². The number of aromatic amines is 1. The summed E-state index contributed by atoms with van der Waals surface area (Å²) in [6.45, 7) is 0. The molecule has 30 heavy (non-hydrogen) atoms. The maximum atomic E-state index is 13.7. The number of furan rings is 1. The Morgan fingerprint density at radius 1 is 1.10 bits per heavy atom. The number of para-hydroxylation sites is 1. The Balaban J connectivity index is 1.83. The van der Waals surface area contributed by atoms with Gasteiger partial charge in [-0.25, -0.2) is 4.90 Å². The second kappa shape index (κ2) is 7.31. The van der Waals surface area contributed by atoms with Crippen LogP contribution < -0.4 is 15.1 Å². The molecule has 1 atom stereocenters. The highest BCUT2D eigenvalue weighted by Crippen LogP contribution is 2.38. The number of anilines is 1. The molecule has 0 spiro atoms. The van der Waals surface area contributed by atoms with Crippen molar-refractivity contribution in [3.63, 3.8) is 0 Å². The van der Waals surface area contributed by atoms with Gasteiger partial charge in [0, 0.05) is 10.7 Å². The summed E-state index contributed by atoms with van der Waals surface area (Å²) >= 11 is 1.32. The molecule has 0 saturated carbocycles. The number of carbonyl (C=O) groups excluding carboxylic acids is 1. The molecule has 0 bridgehead atoms. The van der Waals surface area contributed by atoms with Crippen LogP contribution in [0.15, 0.2) is 87.4 Å². The molecule has 2 aromatic carbocycles. The molecule has 148 valence electrons. The summed E-state index contributed by atoms with van der Waals surface area (Å²) in [6.07, 6.45) is 2.63. The molecule has 4 aromatic rings. The molecular formula is C22H17N4O3S+. The number of nitrogens with zero attached hydrogens (tertiary/aromatic N) is 3. The van der Waals surface area contributed by atoms with Crippen molar-refractivity contribution in [2.75, 3.05) is 11.2 Å². The Kier molecular flexibility index (Phi) is 4.48. The van der Waals surface area contributed by atoms with Crippen molar-refractivity contribution in [1.82, 2.24) is 10.1 Å². The third kappa shape index (κ3) is 2.84. The topological polar surface area (TPSA) is 83.1 Å². The predicted molar refractivity (Wildman–Crippen MR) is 112 cm³/mol. The smallest absolute Gasteiger partial charge is 0.325 e. The van der Waals surface area contributed by atoms with Gasteiger partial charge in [0.15, 0.2) is 5.76 Å². The summed E-state index contributed by atoms with van der Waals surface area (Å²) in [5.41, 5.74) is 1.89. The summed E-state index contributed by atoms with van der Waals surface area (Å²) in [5.74, 6) is 0.292. The maximum Gasteiger partial charge on any atom is 0.325 e. The van der Waals surface area contributed by atoms with Gasteiger partial charge in [0.2, 0.25) is 5.16 Å². The van der Waals surface area contributed by atoms with Crippen molar-refractivity contribution in [3.05, 3.63) is 94.7 Å². The van der Waals surface area contributed by atoms with Crippen molar-refractivity contribution in [3.8, 4) is 11.3 Å². The van der Waals surface area contributed by atoms with Crippen LogP contribution in [0.5, 0.6) is 0 Å². The summed E-state index contributed by atoms with van der Waals surface area (Å²) in [6, 6.07) is 19.9. The zero-order chi connectivity index (χ0) is 20.7. The average molecular weight is 417 g/mol. The summed E-state index contributed by atoms with van der Waals surface area (Å²) < 4.78 is 7.28. The monoisotopic (exact) mass is 417 g/mol. The number of H-pyrrole nitrogens is 1. The SMILES string of the molecule is CSc1n[n+]2c(c(=O)[nH]1)-c1ccccc1N(C(=O)c1ccccc1)[C@H]2c1ccco1. The van der Waals surface area contributed by atoms with Crippen molar-refractivity contribution in [2.45, 2.75) is 11.3 Å². The van der Waals surface area contributed by atoms with Crippen LogP contribution in [0.2, 0.25) is 0 Å². The molecule has 0 saturated heterocycles. The normalized spacial score (nSPS) is 14.8. The number of hydrogen-bond donors (Lipinski definition) is 1. The maximum absolute atomic E-state index is 13.7. The average Bonchev–Trinajstić information content (AvgIpc) is 3.32. The lowest BCUT2D eigenvalue weighted by molar-refractivity contribution is -0.764. The highest BCUT2D eigenvalue weighted by atomic mass is 32.2. The van der Waals surface area contributed by atoms with Gasteiger partial charge < -0.3 is 4.42 Å². The van der Waals surface area contributed by atoms with Crippen molar-refractivity contribution < 1.29 is 13.9 Å². The summed E-state index contributed by atoms with van der Waals surface area (Å²) in [7, 11) is 0. The number of nitrogens with one attached hydrogen (secondary N) is 1. The van der Waals surface area contributed by atoms with Crippen LogP contribution in [0.4, 0.5) is 5.69 Å². The Morgan fingerprint density at radius 2 is 1.87 bits per heavy atom. The van der Waals surface area contributed by atoms with Crippen molar-refractivity contribution >= 4 is 23.4 Å². The van der Waals surface area contributed by atoms with Crippen LogP contribution in [0.1, 0.15) is 22.3 Å². The fraction of sp³-hybridized carbons (Fsp3) is 0.0909. The number of rotatable bonds is 3. The Morgan fingerprint density at radius 3 is 2.60 bits per heavy atom. The van der Waals surface area contributed by atoms with E-state index in [1.807, 2.05) is 48.7 Å². The number of aromatic nitrogens is 3. The van der Waals surface area contributed by atoms with Gasteiger partial charge >= 0.3 is 17.4 Å². The van der Waals surface area contributed by atoms with E-state index in [-0.39, 0.29) is 11.5 Å². The summed E-state index contributed by atoms with van der Waals surface area (Å²) in [4.78, 5) is 31.1. The zero-order valence-corrected chi connectivity index (χ0v) is 16.8. The minimum absolute atomic E-state index is 0.213. The molecule has 0 fully saturated rings. The fourth-order valence-corrected chi connectivity index (χ4v) is 4.06. The Hall–Kier alpha value is -3.65. The van der Waals surface area contributed by atoms with Crippen molar-refractivity contribution in [2.24, 2.45) is 0 Å². The van der Waals surface area contributed by atoms with Gasteiger partial charge in [0.05, 0.1) is 17.5 Å².